The van der Waals surface area contributed by atoms with Crippen molar-refractivity contribution in [2.45, 2.75) is 0 Å². The number of rotatable bonds is 4. The van der Waals surface area contributed by atoms with Crippen LogP contribution in [0.4, 0.5) is 21.8 Å². The number of aromatic nitrogens is 3. The zero-order valence-electron chi connectivity index (χ0n) is 11.5. The van der Waals surface area contributed by atoms with Crippen LogP contribution in [-0.2, 0) is 0 Å². The Morgan fingerprint density at radius 2 is 2.05 bits per heavy atom. The highest BCUT2D eigenvalue weighted by Gasteiger charge is 2.13. The quantitative estimate of drug-likeness (QED) is 0.639. The topological polar surface area (TPSA) is 75.9 Å². The van der Waals surface area contributed by atoms with Crippen LogP contribution in [0.3, 0.4) is 0 Å². The third-order valence-corrected chi connectivity index (χ3v) is 3.56. The molecule has 2 N–H and O–H groups in total. The molecule has 0 spiro atoms. The normalized spacial score (nSPS) is 10.5. The molecule has 0 radical (unpaired) electrons. The van der Waals surface area contributed by atoms with Gasteiger partial charge >= 0.3 is 6.01 Å². The van der Waals surface area contributed by atoms with Gasteiger partial charge in [0.25, 0.3) is 5.89 Å². The van der Waals surface area contributed by atoms with Crippen LogP contribution < -0.4 is 10.6 Å². The zero-order chi connectivity index (χ0) is 15.5. The van der Waals surface area contributed by atoms with Crippen LogP contribution >= 0.6 is 22.6 Å². The molecule has 0 aliphatic heterocycles. The van der Waals surface area contributed by atoms with E-state index in [1.165, 1.54) is 6.07 Å². The Bertz CT molecular complexity index is 807. The van der Waals surface area contributed by atoms with Gasteiger partial charge in [-0.2, -0.15) is 0 Å². The van der Waals surface area contributed by atoms with Gasteiger partial charge in [0.15, 0.2) is 0 Å². The van der Waals surface area contributed by atoms with Crippen LogP contribution in [0.5, 0.6) is 0 Å². The second-order valence-electron chi connectivity index (χ2n) is 4.33. The fourth-order valence-electron chi connectivity index (χ4n) is 1.85. The molecule has 0 atom stereocenters. The van der Waals surface area contributed by atoms with Gasteiger partial charge in [-0.1, -0.05) is 5.10 Å². The number of nitrogens with zero attached hydrogens (tertiary/aromatic N) is 3. The first kappa shape index (κ1) is 14.7. The minimum atomic E-state index is -0.344. The lowest BCUT2D eigenvalue weighted by Gasteiger charge is -2.10. The summed E-state index contributed by atoms with van der Waals surface area (Å²) in [6.45, 7) is 0. The van der Waals surface area contributed by atoms with Gasteiger partial charge in [0.2, 0.25) is 0 Å². The Kier molecular flexibility index (Phi) is 4.18. The lowest BCUT2D eigenvalue weighted by Crippen LogP contribution is -1.97. The fraction of sp³-hybridized carbons (Fsp3) is 0.0714. The number of nitrogens with one attached hydrogen (secondary N) is 2. The molecule has 22 heavy (non-hydrogen) atoms. The third-order valence-electron chi connectivity index (χ3n) is 2.89. The van der Waals surface area contributed by atoms with Gasteiger partial charge < -0.3 is 15.1 Å². The standard InChI is InChI=1S/C14H11FIN5O/c1-17-14-21-20-13(22-14)9-4-5-18-7-12(9)19-11-3-2-8(16)6-10(11)15/h2-7,19H,1H3,(H,17,21). The van der Waals surface area contributed by atoms with Crippen molar-refractivity contribution in [2.75, 3.05) is 17.7 Å². The molecule has 0 aliphatic rings. The largest absolute Gasteiger partial charge is 0.403 e. The summed E-state index contributed by atoms with van der Waals surface area (Å²) in [5, 5.41) is 13.6. The second kappa shape index (κ2) is 6.26. The molecule has 3 rings (SSSR count). The van der Waals surface area contributed by atoms with Crippen LogP contribution in [0.1, 0.15) is 0 Å². The summed E-state index contributed by atoms with van der Waals surface area (Å²) < 4.78 is 20.3. The van der Waals surface area contributed by atoms with Crippen LogP contribution in [0.2, 0.25) is 0 Å². The lowest BCUT2D eigenvalue weighted by molar-refractivity contribution is 0.585. The Labute approximate surface area is 139 Å². The minimum Gasteiger partial charge on any atom is -0.403 e. The van der Waals surface area contributed by atoms with E-state index in [-0.39, 0.29) is 5.82 Å². The molecule has 0 bridgehead atoms. The molecule has 0 saturated heterocycles. The molecule has 0 aliphatic carbocycles. The molecule has 0 amide bonds. The molecule has 0 saturated carbocycles. The maximum Gasteiger partial charge on any atom is 0.315 e. The highest BCUT2D eigenvalue weighted by Crippen LogP contribution is 2.30. The molecule has 0 fully saturated rings. The summed E-state index contributed by atoms with van der Waals surface area (Å²) in [6.07, 6.45) is 3.18. The highest BCUT2D eigenvalue weighted by molar-refractivity contribution is 14.1. The van der Waals surface area contributed by atoms with Crippen molar-refractivity contribution in [1.82, 2.24) is 15.2 Å². The lowest BCUT2D eigenvalue weighted by atomic mass is 10.2. The average molecular weight is 411 g/mol. The molecule has 112 valence electrons. The molecule has 2 heterocycles. The van der Waals surface area contributed by atoms with Crippen molar-refractivity contribution in [3.8, 4) is 11.5 Å². The summed E-state index contributed by atoms with van der Waals surface area (Å²) in [4.78, 5) is 4.05. The minimum absolute atomic E-state index is 0.304. The van der Waals surface area contributed by atoms with Gasteiger partial charge in [-0.15, -0.1) is 5.10 Å². The van der Waals surface area contributed by atoms with E-state index in [1.807, 2.05) is 6.07 Å². The number of benzene rings is 1. The average Bonchev–Trinajstić information content (AvgIpc) is 2.99. The number of hydrogen-bond acceptors (Lipinski definition) is 6. The Morgan fingerprint density at radius 1 is 1.18 bits per heavy atom. The summed E-state index contributed by atoms with van der Waals surface area (Å²) in [5.74, 6) is -0.0247. The van der Waals surface area contributed by atoms with Crippen molar-refractivity contribution in [1.29, 1.82) is 0 Å². The second-order valence-corrected chi connectivity index (χ2v) is 5.58. The summed E-state index contributed by atoms with van der Waals surface area (Å²) in [6, 6.07) is 6.96. The van der Waals surface area contributed by atoms with Gasteiger partial charge in [0, 0.05) is 16.8 Å². The first-order chi connectivity index (χ1) is 10.7. The van der Waals surface area contributed by atoms with Crippen LogP contribution in [0.25, 0.3) is 11.5 Å². The van der Waals surface area contributed by atoms with Crippen LogP contribution in [-0.4, -0.2) is 22.2 Å². The van der Waals surface area contributed by atoms with Gasteiger partial charge in [0.05, 0.1) is 23.1 Å². The van der Waals surface area contributed by atoms with Crippen molar-refractivity contribution in [2.24, 2.45) is 0 Å². The van der Waals surface area contributed by atoms with E-state index in [0.29, 0.717) is 28.8 Å². The van der Waals surface area contributed by atoms with Crippen molar-refractivity contribution >= 4 is 40.0 Å². The van der Waals surface area contributed by atoms with Gasteiger partial charge in [-0.3, -0.25) is 4.98 Å². The van der Waals surface area contributed by atoms with Crippen LogP contribution in [0, 0.1) is 9.39 Å². The molecule has 3 aromatic rings. The SMILES string of the molecule is CNc1nnc(-c2ccncc2Nc2ccc(I)cc2F)o1. The smallest absolute Gasteiger partial charge is 0.315 e. The van der Waals surface area contributed by atoms with E-state index in [4.69, 9.17) is 4.42 Å². The Hall–Kier alpha value is -2.23. The molecular weight excluding hydrogens is 400 g/mol. The van der Waals surface area contributed by atoms with E-state index in [0.717, 1.165) is 3.57 Å². The highest BCUT2D eigenvalue weighted by atomic mass is 127. The van der Waals surface area contributed by atoms with Crippen LogP contribution in [0.15, 0.2) is 41.1 Å². The Morgan fingerprint density at radius 3 is 2.77 bits per heavy atom. The van der Waals surface area contributed by atoms with E-state index in [1.54, 1.807) is 31.6 Å². The van der Waals surface area contributed by atoms with Crippen molar-refractivity contribution in [3.05, 3.63) is 46.0 Å². The first-order valence-electron chi connectivity index (χ1n) is 6.35. The van der Waals surface area contributed by atoms with E-state index < -0.39 is 0 Å². The molecule has 8 heteroatoms. The van der Waals surface area contributed by atoms with Gasteiger partial charge in [-0.05, 0) is 46.9 Å². The number of hydrogen-bond donors (Lipinski definition) is 2. The predicted octanol–water partition coefficient (Wildman–Crippen LogP) is 3.66. The van der Waals surface area contributed by atoms with Gasteiger partial charge in [-0.25, -0.2) is 4.39 Å². The predicted molar refractivity (Wildman–Crippen MR) is 89.5 cm³/mol. The molecule has 0 unspecified atom stereocenters. The Balaban J connectivity index is 1.97. The molecule has 2 aromatic heterocycles. The van der Waals surface area contributed by atoms with E-state index in [2.05, 4.69) is 48.4 Å². The number of halogens is 2. The first-order valence-corrected chi connectivity index (χ1v) is 7.43. The summed E-state index contributed by atoms with van der Waals surface area (Å²) >= 11 is 2.06. The number of anilines is 3. The molecule has 1 aromatic carbocycles. The van der Waals surface area contributed by atoms with E-state index in [9.17, 15) is 4.39 Å². The van der Waals surface area contributed by atoms with Crippen molar-refractivity contribution < 1.29 is 8.81 Å². The van der Waals surface area contributed by atoms with Crippen molar-refractivity contribution in [3.63, 3.8) is 0 Å². The molecular formula is C14H11FIN5O. The van der Waals surface area contributed by atoms with Gasteiger partial charge in [0.1, 0.15) is 5.82 Å². The summed E-state index contributed by atoms with van der Waals surface area (Å²) in [5.41, 5.74) is 1.57. The molecule has 6 nitrogen and oxygen atoms in total. The summed E-state index contributed by atoms with van der Waals surface area (Å²) in [7, 11) is 1.68. The monoisotopic (exact) mass is 411 g/mol. The fourth-order valence-corrected chi connectivity index (χ4v) is 2.30. The zero-order valence-corrected chi connectivity index (χ0v) is 13.6. The maximum absolute atomic E-state index is 14.0. The maximum atomic E-state index is 14.0. The number of pyridine rings is 1. The van der Waals surface area contributed by atoms with E-state index >= 15 is 0 Å². The third kappa shape index (κ3) is 3.01.